The van der Waals surface area contributed by atoms with Crippen molar-refractivity contribution in [2.75, 3.05) is 13.2 Å². The van der Waals surface area contributed by atoms with Gasteiger partial charge >= 0.3 is 0 Å². The second-order valence-corrected chi connectivity index (χ2v) is 9.76. The molecule has 2 saturated heterocycles. The van der Waals surface area contributed by atoms with Crippen molar-refractivity contribution in [3.8, 4) is 16.9 Å². The van der Waals surface area contributed by atoms with Crippen LogP contribution >= 0.6 is 35.6 Å². The van der Waals surface area contributed by atoms with Crippen molar-refractivity contribution < 1.29 is 9.53 Å². The third-order valence-electron chi connectivity index (χ3n) is 5.45. The molecule has 0 bridgehead atoms. The number of benzene rings is 2. The fourth-order valence-corrected chi connectivity index (χ4v) is 5.22. The van der Waals surface area contributed by atoms with Gasteiger partial charge in [-0.25, -0.2) is 4.68 Å². The second kappa shape index (κ2) is 9.19. The van der Waals surface area contributed by atoms with Crippen LogP contribution in [0.15, 0.2) is 65.7 Å². The molecule has 5 nitrogen and oxygen atoms in total. The normalized spacial score (nSPS) is 20.0. The molecule has 2 fully saturated rings. The fourth-order valence-electron chi connectivity index (χ4n) is 3.83. The summed E-state index contributed by atoms with van der Waals surface area (Å²) in [4.78, 5) is 15.4. The molecule has 162 valence electrons. The maximum absolute atomic E-state index is 13.1. The van der Waals surface area contributed by atoms with Gasteiger partial charge in [0.05, 0.1) is 28.9 Å². The average molecular weight is 482 g/mol. The van der Waals surface area contributed by atoms with Crippen LogP contribution in [0.1, 0.15) is 18.4 Å². The Balaban J connectivity index is 1.51. The number of hydrogen-bond donors (Lipinski definition) is 0. The van der Waals surface area contributed by atoms with Crippen LogP contribution in [0.4, 0.5) is 0 Å². The molecule has 3 aromatic rings. The predicted molar refractivity (Wildman–Crippen MR) is 133 cm³/mol. The summed E-state index contributed by atoms with van der Waals surface area (Å²) in [6, 6.07) is 17.4. The number of carbonyl (C=O) groups excluding carboxylic acids is 1. The highest BCUT2D eigenvalue weighted by atomic mass is 35.5. The Labute approximate surface area is 201 Å². The Morgan fingerprint density at radius 3 is 2.69 bits per heavy atom. The second-order valence-electron chi connectivity index (χ2n) is 7.65. The third kappa shape index (κ3) is 4.38. The first-order valence-corrected chi connectivity index (χ1v) is 12.0. The van der Waals surface area contributed by atoms with Crippen LogP contribution in [0.2, 0.25) is 5.02 Å². The number of thiocarbonyl (C=S) groups is 1. The highest BCUT2D eigenvalue weighted by molar-refractivity contribution is 8.26. The third-order valence-corrected chi connectivity index (χ3v) is 7.08. The van der Waals surface area contributed by atoms with E-state index in [2.05, 4.69) is 0 Å². The molecule has 2 aliphatic heterocycles. The molecule has 32 heavy (non-hydrogen) atoms. The maximum Gasteiger partial charge on any atom is 0.266 e. The van der Waals surface area contributed by atoms with Crippen LogP contribution in [0.5, 0.6) is 0 Å². The molecule has 1 atom stereocenters. The number of para-hydroxylation sites is 1. The number of aromatic nitrogens is 2. The first-order chi connectivity index (χ1) is 15.6. The summed E-state index contributed by atoms with van der Waals surface area (Å²) in [5.74, 6) is -0.0787. The van der Waals surface area contributed by atoms with Gasteiger partial charge in [0, 0.05) is 29.0 Å². The molecule has 1 amide bonds. The van der Waals surface area contributed by atoms with E-state index < -0.39 is 0 Å². The fraction of sp³-hybridized carbons (Fsp3) is 0.208. The zero-order chi connectivity index (χ0) is 22.1. The van der Waals surface area contributed by atoms with Crippen molar-refractivity contribution in [2.24, 2.45) is 0 Å². The van der Waals surface area contributed by atoms with Crippen molar-refractivity contribution in [1.82, 2.24) is 14.7 Å². The van der Waals surface area contributed by atoms with E-state index in [0.29, 0.717) is 20.8 Å². The van der Waals surface area contributed by atoms with Gasteiger partial charge in [-0.1, -0.05) is 65.9 Å². The highest BCUT2D eigenvalue weighted by Crippen LogP contribution is 2.35. The summed E-state index contributed by atoms with van der Waals surface area (Å²) in [6.07, 6.45) is 5.86. The molecule has 2 aromatic carbocycles. The van der Waals surface area contributed by atoms with E-state index in [1.807, 2.05) is 71.6 Å². The van der Waals surface area contributed by atoms with E-state index in [4.69, 9.17) is 33.7 Å². The van der Waals surface area contributed by atoms with Gasteiger partial charge in [-0.15, -0.1) is 0 Å². The van der Waals surface area contributed by atoms with Gasteiger partial charge < -0.3 is 4.74 Å². The van der Waals surface area contributed by atoms with E-state index in [1.165, 1.54) is 11.8 Å². The summed E-state index contributed by atoms with van der Waals surface area (Å²) in [5.41, 5.74) is 3.47. The molecular weight excluding hydrogens is 462 g/mol. The number of amides is 1. The van der Waals surface area contributed by atoms with E-state index in [9.17, 15) is 4.79 Å². The van der Waals surface area contributed by atoms with Crippen molar-refractivity contribution in [3.05, 3.63) is 76.3 Å². The lowest BCUT2D eigenvalue weighted by atomic mass is 10.1. The lowest BCUT2D eigenvalue weighted by Gasteiger charge is -2.18. The summed E-state index contributed by atoms with van der Waals surface area (Å²) >= 11 is 12.9. The van der Waals surface area contributed by atoms with Gasteiger partial charge in [0.2, 0.25) is 0 Å². The molecule has 0 aliphatic carbocycles. The Bertz CT molecular complexity index is 1190. The number of rotatable bonds is 5. The van der Waals surface area contributed by atoms with Crippen molar-refractivity contribution in [2.45, 2.75) is 18.9 Å². The Morgan fingerprint density at radius 1 is 1.19 bits per heavy atom. The number of halogens is 1. The molecule has 3 heterocycles. The van der Waals surface area contributed by atoms with Crippen molar-refractivity contribution in [3.63, 3.8) is 0 Å². The molecule has 0 spiro atoms. The summed E-state index contributed by atoms with van der Waals surface area (Å²) in [5, 5.41) is 5.47. The molecule has 1 unspecified atom stereocenters. The van der Waals surface area contributed by atoms with Gasteiger partial charge in [-0.2, -0.15) is 5.10 Å². The average Bonchev–Trinajstić information content (AvgIpc) is 3.53. The first kappa shape index (κ1) is 21.4. The van der Waals surface area contributed by atoms with Gasteiger partial charge in [0.25, 0.3) is 5.91 Å². The van der Waals surface area contributed by atoms with Crippen LogP contribution in [-0.2, 0) is 9.53 Å². The molecule has 2 aliphatic rings. The number of thioether (sulfide) groups is 1. The lowest BCUT2D eigenvalue weighted by Crippen LogP contribution is -2.35. The monoisotopic (exact) mass is 481 g/mol. The Morgan fingerprint density at radius 2 is 1.97 bits per heavy atom. The van der Waals surface area contributed by atoms with Crippen LogP contribution in [0.25, 0.3) is 23.0 Å². The van der Waals surface area contributed by atoms with Gasteiger partial charge in [-0.05, 0) is 43.2 Å². The SMILES string of the molecule is O=C1C(=Cc2cn(-c3ccccc3)nc2-c2ccc(Cl)cc2)SC(=S)N1CC1CCCO1. The van der Waals surface area contributed by atoms with Gasteiger partial charge in [0.15, 0.2) is 0 Å². The van der Waals surface area contributed by atoms with Gasteiger partial charge in [-0.3, -0.25) is 9.69 Å². The van der Waals surface area contributed by atoms with E-state index in [-0.39, 0.29) is 12.0 Å². The van der Waals surface area contributed by atoms with Gasteiger partial charge in [0.1, 0.15) is 4.32 Å². The predicted octanol–water partition coefficient (Wildman–Crippen LogP) is 5.57. The number of ether oxygens (including phenoxy) is 1. The van der Waals surface area contributed by atoms with E-state index in [1.54, 1.807) is 4.90 Å². The lowest BCUT2D eigenvalue weighted by molar-refractivity contribution is -0.123. The molecule has 5 rings (SSSR count). The van der Waals surface area contributed by atoms with Crippen molar-refractivity contribution >= 4 is 51.9 Å². The highest BCUT2D eigenvalue weighted by Gasteiger charge is 2.35. The van der Waals surface area contributed by atoms with E-state index in [0.717, 1.165) is 42.0 Å². The van der Waals surface area contributed by atoms with Crippen LogP contribution in [0, 0.1) is 0 Å². The first-order valence-electron chi connectivity index (χ1n) is 10.4. The number of carbonyl (C=O) groups is 1. The zero-order valence-corrected chi connectivity index (χ0v) is 19.5. The topological polar surface area (TPSA) is 47.4 Å². The van der Waals surface area contributed by atoms with Crippen LogP contribution in [0.3, 0.4) is 0 Å². The molecule has 1 aromatic heterocycles. The minimum Gasteiger partial charge on any atom is -0.376 e. The van der Waals surface area contributed by atoms with Crippen LogP contribution in [-0.4, -0.2) is 44.2 Å². The number of nitrogens with zero attached hydrogens (tertiary/aromatic N) is 3. The molecule has 0 N–H and O–H groups in total. The smallest absolute Gasteiger partial charge is 0.266 e. The van der Waals surface area contributed by atoms with Crippen LogP contribution < -0.4 is 0 Å². The summed E-state index contributed by atoms with van der Waals surface area (Å²) < 4.78 is 8.09. The summed E-state index contributed by atoms with van der Waals surface area (Å²) in [7, 11) is 0. The molecular formula is C24H20ClN3O2S2. The quantitative estimate of drug-likeness (QED) is 0.352. The standard InChI is InChI=1S/C24H20ClN3O2S2/c25-18-10-8-16(9-11-18)22-17(14-28(26-22)19-5-2-1-3-6-19)13-21-23(29)27(24(31)32-21)15-20-7-4-12-30-20/h1-3,5-6,8-11,13-14,20H,4,7,12,15H2. The Hall–Kier alpha value is -2.45. The minimum atomic E-state index is -0.0787. The zero-order valence-electron chi connectivity index (χ0n) is 17.1. The Kier molecular flexibility index (Phi) is 6.15. The molecule has 8 heteroatoms. The largest absolute Gasteiger partial charge is 0.376 e. The van der Waals surface area contributed by atoms with E-state index >= 15 is 0 Å². The number of hydrogen-bond acceptors (Lipinski definition) is 5. The summed E-state index contributed by atoms with van der Waals surface area (Å²) in [6.45, 7) is 1.26. The minimum absolute atomic E-state index is 0.0577. The van der Waals surface area contributed by atoms with Crippen molar-refractivity contribution in [1.29, 1.82) is 0 Å². The maximum atomic E-state index is 13.1. The molecule has 0 saturated carbocycles. The molecule has 0 radical (unpaired) electrons.